The normalized spacial score (nSPS) is 21.1. The highest BCUT2D eigenvalue weighted by atomic mass is 16.6. The fourth-order valence-corrected chi connectivity index (χ4v) is 2.56. The predicted octanol–water partition coefficient (Wildman–Crippen LogP) is 3.29. The number of aliphatic hydroxyl groups is 1. The lowest BCUT2D eigenvalue weighted by molar-refractivity contribution is -0.222. The number of rotatable bonds is 4. The van der Waals surface area contributed by atoms with Gasteiger partial charge in [-0.3, -0.25) is 0 Å². The first kappa shape index (κ1) is 12.6. The standard InChI is InChI=1S/C15H22O2/c1-15(16,12-13-8-4-2-5-9-13)17-14-10-6-3-7-11-14/h2,4-5,8-9,14,16H,3,6-7,10-12H2,1H3. The predicted molar refractivity (Wildman–Crippen MR) is 68.7 cm³/mol. The lowest BCUT2D eigenvalue weighted by Crippen LogP contribution is -2.36. The second-order valence-electron chi connectivity index (χ2n) is 5.22. The van der Waals surface area contributed by atoms with E-state index >= 15 is 0 Å². The van der Waals surface area contributed by atoms with Crippen LogP contribution in [-0.4, -0.2) is 17.0 Å². The number of ether oxygens (including phenoxy) is 1. The molecule has 0 aromatic heterocycles. The largest absolute Gasteiger partial charge is 0.365 e. The van der Waals surface area contributed by atoms with Gasteiger partial charge in [-0.1, -0.05) is 49.6 Å². The number of hydrogen-bond acceptors (Lipinski definition) is 2. The lowest BCUT2D eigenvalue weighted by Gasteiger charge is -2.31. The molecule has 1 unspecified atom stereocenters. The van der Waals surface area contributed by atoms with E-state index in [1.54, 1.807) is 6.92 Å². The highest BCUT2D eigenvalue weighted by Crippen LogP contribution is 2.25. The quantitative estimate of drug-likeness (QED) is 0.810. The molecule has 17 heavy (non-hydrogen) atoms. The van der Waals surface area contributed by atoms with Gasteiger partial charge in [-0.25, -0.2) is 0 Å². The third-order valence-electron chi connectivity index (χ3n) is 3.35. The average Bonchev–Trinajstić information content (AvgIpc) is 2.30. The molecule has 0 bridgehead atoms. The summed E-state index contributed by atoms with van der Waals surface area (Å²) >= 11 is 0. The van der Waals surface area contributed by atoms with Crippen LogP contribution < -0.4 is 0 Å². The van der Waals surface area contributed by atoms with Gasteiger partial charge in [0.25, 0.3) is 0 Å². The van der Waals surface area contributed by atoms with Crippen LogP contribution in [0.25, 0.3) is 0 Å². The Balaban J connectivity index is 1.89. The summed E-state index contributed by atoms with van der Waals surface area (Å²) in [6.45, 7) is 1.77. The molecule has 1 N–H and O–H groups in total. The maximum Gasteiger partial charge on any atom is 0.167 e. The summed E-state index contributed by atoms with van der Waals surface area (Å²) in [6.07, 6.45) is 6.74. The van der Waals surface area contributed by atoms with E-state index in [0.717, 1.165) is 18.4 Å². The van der Waals surface area contributed by atoms with Crippen molar-refractivity contribution >= 4 is 0 Å². The Bertz CT molecular complexity index is 326. The molecule has 1 saturated carbocycles. The monoisotopic (exact) mass is 234 g/mol. The van der Waals surface area contributed by atoms with Crippen molar-refractivity contribution in [1.29, 1.82) is 0 Å². The minimum atomic E-state index is -1.04. The number of hydrogen-bond donors (Lipinski definition) is 1. The van der Waals surface area contributed by atoms with E-state index in [1.165, 1.54) is 19.3 Å². The summed E-state index contributed by atoms with van der Waals surface area (Å²) in [4.78, 5) is 0. The minimum Gasteiger partial charge on any atom is -0.365 e. The van der Waals surface area contributed by atoms with Gasteiger partial charge in [0.2, 0.25) is 0 Å². The van der Waals surface area contributed by atoms with Crippen LogP contribution in [0.5, 0.6) is 0 Å². The van der Waals surface area contributed by atoms with E-state index in [2.05, 4.69) is 0 Å². The van der Waals surface area contributed by atoms with Crippen molar-refractivity contribution in [1.82, 2.24) is 0 Å². The van der Waals surface area contributed by atoms with Crippen LogP contribution in [0.4, 0.5) is 0 Å². The van der Waals surface area contributed by atoms with Crippen molar-refractivity contribution in [2.24, 2.45) is 0 Å². The molecule has 1 aliphatic carbocycles. The van der Waals surface area contributed by atoms with Crippen LogP contribution >= 0.6 is 0 Å². The Morgan fingerprint density at radius 1 is 1.18 bits per heavy atom. The number of benzene rings is 1. The van der Waals surface area contributed by atoms with E-state index < -0.39 is 5.79 Å². The van der Waals surface area contributed by atoms with Crippen LogP contribution in [0.15, 0.2) is 30.3 Å². The molecule has 2 nitrogen and oxygen atoms in total. The molecule has 2 rings (SSSR count). The Morgan fingerprint density at radius 3 is 2.47 bits per heavy atom. The van der Waals surface area contributed by atoms with E-state index in [1.807, 2.05) is 30.3 Å². The summed E-state index contributed by atoms with van der Waals surface area (Å²) in [6, 6.07) is 10.0. The van der Waals surface area contributed by atoms with Gasteiger partial charge in [-0.15, -0.1) is 0 Å². The van der Waals surface area contributed by atoms with Crippen LogP contribution in [0, 0.1) is 0 Å². The zero-order chi connectivity index (χ0) is 12.1. The maximum absolute atomic E-state index is 10.3. The van der Waals surface area contributed by atoms with Crippen molar-refractivity contribution in [3.63, 3.8) is 0 Å². The maximum atomic E-state index is 10.3. The lowest BCUT2D eigenvalue weighted by atomic mass is 9.97. The van der Waals surface area contributed by atoms with Crippen molar-refractivity contribution in [2.75, 3.05) is 0 Å². The molecular formula is C15H22O2. The summed E-state index contributed by atoms with van der Waals surface area (Å²) < 4.78 is 5.84. The summed E-state index contributed by atoms with van der Waals surface area (Å²) in [5.41, 5.74) is 1.12. The van der Waals surface area contributed by atoms with Crippen molar-refractivity contribution in [3.8, 4) is 0 Å². The minimum absolute atomic E-state index is 0.238. The van der Waals surface area contributed by atoms with Crippen LogP contribution in [-0.2, 0) is 11.2 Å². The van der Waals surface area contributed by atoms with E-state index in [0.29, 0.717) is 6.42 Å². The molecule has 0 saturated heterocycles. The molecule has 94 valence electrons. The molecule has 0 radical (unpaired) electrons. The Hall–Kier alpha value is -0.860. The summed E-state index contributed by atoms with van der Waals surface area (Å²) in [5.74, 6) is -1.04. The first-order valence-corrected chi connectivity index (χ1v) is 6.60. The zero-order valence-corrected chi connectivity index (χ0v) is 10.6. The molecule has 1 aliphatic rings. The van der Waals surface area contributed by atoms with Crippen LogP contribution in [0.2, 0.25) is 0 Å². The van der Waals surface area contributed by atoms with Gasteiger partial charge in [0.1, 0.15) is 0 Å². The average molecular weight is 234 g/mol. The Morgan fingerprint density at radius 2 is 1.82 bits per heavy atom. The second-order valence-corrected chi connectivity index (χ2v) is 5.22. The molecule has 0 heterocycles. The molecule has 0 aliphatic heterocycles. The molecule has 0 spiro atoms. The third-order valence-corrected chi connectivity index (χ3v) is 3.35. The van der Waals surface area contributed by atoms with Gasteiger partial charge < -0.3 is 9.84 Å². The fourth-order valence-electron chi connectivity index (χ4n) is 2.56. The van der Waals surface area contributed by atoms with Gasteiger partial charge >= 0.3 is 0 Å². The zero-order valence-electron chi connectivity index (χ0n) is 10.6. The van der Waals surface area contributed by atoms with E-state index in [9.17, 15) is 5.11 Å². The fraction of sp³-hybridized carbons (Fsp3) is 0.600. The van der Waals surface area contributed by atoms with Gasteiger partial charge in [0.15, 0.2) is 5.79 Å². The van der Waals surface area contributed by atoms with Gasteiger partial charge in [-0.05, 0) is 25.3 Å². The molecule has 1 fully saturated rings. The molecule has 1 atom stereocenters. The van der Waals surface area contributed by atoms with E-state index in [4.69, 9.17) is 4.74 Å². The van der Waals surface area contributed by atoms with Gasteiger partial charge in [0, 0.05) is 6.42 Å². The van der Waals surface area contributed by atoms with Crippen LogP contribution in [0.3, 0.4) is 0 Å². The smallest absolute Gasteiger partial charge is 0.167 e. The van der Waals surface area contributed by atoms with Crippen molar-refractivity contribution in [3.05, 3.63) is 35.9 Å². The SMILES string of the molecule is CC(O)(Cc1ccccc1)OC1CCCCC1. The molecule has 2 heteroatoms. The highest BCUT2D eigenvalue weighted by Gasteiger charge is 2.27. The summed E-state index contributed by atoms with van der Waals surface area (Å²) in [7, 11) is 0. The first-order chi connectivity index (χ1) is 8.16. The molecular weight excluding hydrogens is 212 g/mol. The Labute approximate surface area is 104 Å². The van der Waals surface area contributed by atoms with Crippen molar-refractivity contribution < 1.29 is 9.84 Å². The highest BCUT2D eigenvalue weighted by molar-refractivity contribution is 5.15. The van der Waals surface area contributed by atoms with Crippen molar-refractivity contribution in [2.45, 2.75) is 57.3 Å². The van der Waals surface area contributed by atoms with Gasteiger partial charge in [-0.2, -0.15) is 0 Å². The topological polar surface area (TPSA) is 29.5 Å². The molecule has 1 aromatic carbocycles. The molecule has 0 amide bonds. The summed E-state index contributed by atoms with van der Waals surface area (Å²) in [5, 5.41) is 10.3. The van der Waals surface area contributed by atoms with E-state index in [-0.39, 0.29) is 6.10 Å². The Kier molecular flexibility index (Phi) is 4.19. The van der Waals surface area contributed by atoms with Gasteiger partial charge in [0.05, 0.1) is 6.10 Å². The second kappa shape index (κ2) is 5.65. The third kappa shape index (κ3) is 4.14. The molecule has 1 aromatic rings. The van der Waals surface area contributed by atoms with Crippen LogP contribution in [0.1, 0.15) is 44.6 Å². The first-order valence-electron chi connectivity index (χ1n) is 6.60.